The number of pyridine rings is 1. The molecule has 3 aromatic heterocycles. The fourth-order valence-electron chi connectivity index (χ4n) is 11.5. The van der Waals surface area contributed by atoms with E-state index in [2.05, 4.69) is 42.7 Å². The Bertz CT molecular complexity index is 3830. The van der Waals surface area contributed by atoms with Gasteiger partial charge in [-0.25, -0.2) is 14.4 Å². The summed E-state index contributed by atoms with van der Waals surface area (Å²) < 4.78 is 177. The number of aromatic hydroxyl groups is 1. The van der Waals surface area contributed by atoms with Gasteiger partial charge in [0.1, 0.15) is 17.2 Å². The molecule has 1 N–H and O–H groups in total. The Morgan fingerprint density at radius 3 is 1.79 bits per heavy atom. The topological polar surface area (TPSA) is 55.9 Å². The molecule has 0 radical (unpaired) electrons. The third-order valence-electron chi connectivity index (χ3n) is 16.1. The smallest absolute Gasteiger partial charge is 0.384 e. The normalized spacial score (nSPS) is 19.9. The summed E-state index contributed by atoms with van der Waals surface area (Å²) in [5, 5.41) is 13.4. The SMILES string of the molecule is [2H]C1(c2ccc3c(c2)c2cccnc2n3-c2cccc(-c3cccc4c3nc(-c3ccccc3O)n4-c3c(C(C)C)cc(-c4ccc(C5(F)C(F)(F)C(F)(F)C(F)(F)C(F)(F)C5(F)F)cc4)cc3C(C)C)c2)CCC(C)(C)CC1. The molecule has 0 aliphatic heterocycles. The summed E-state index contributed by atoms with van der Waals surface area (Å²) in [7, 11) is 0. The molecule has 78 heavy (non-hydrogen) atoms. The standard InChI is InChI=1S/C62H53F11N4O/c1-34(2)46-32-40(36-19-22-41(23-20-36)57(63)58(64,65)60(68,69)62(72,73)61(70,71)59(57,66)67)33-47(35(3)4)53(46)77-50-17-10-15-43(52(50)75-55(77)45-14-7-8-18-51(45)78)39-12-9-13-42(30-39)76-49-24-21-38(37-25-27-56(5,6)28-26-37)31-48(49)44-16-11-29-74-54(44)76/h7-24,29-35,37,78H,25-28H2,1-6H3/i37D. The van der Waals surface area contributed by atoms with E-state index < -0.39 is 46.7 Å². The van der Waals surface area contributed by atoms with Gasteiger partial charge >= 0.3 is 29.6 Å². The van der Waals surface area contributed by atoms with Crippen molar-refractivity contribution in [3.63, 3.8) is 0 Å². The van der Waals surface area contributed by atoms with Gasteiger partial charge in [0.25, 0.3) is 5.67 Å². The highest BCUT2D eigenvalue weighted by atomic mass is 19.4. The number of fused-ring (bicyclic) bond motifs is 4. The van der Waals surface area contributed by atoms with Crippen LogP contribution in [0.15, 0.2) is 140 Å². The lowest BCUT2D eigenvalue weighted by Crippen LogP contribution is -2.82. The molecule has 0 atom stereocenters. The Balaban J connectivity index is 1.06. The highest BCUT2D eigenvalue weighted by Gasteiger charge is 3.01. The van der Waals surface area contributed by atoms with Crippen molar-refractivity contribution in [2.75, 3.05) is 0 Å². The maximum Gasteiger partial charge on any atom is 0.384 e. The van der Waals surface area contributed by atoms with Crippen LogP contribution in [0.25, 0.3) is 78.0 Å². The van der Waals surface area contributed by atoms with Crippen molar-refractivity contribution >= 4 is 33.0 Å². The van der Waals surface area contributed by atoms with Gasteiger partial charge < -0.3 is 5.11 Å². The minimum absolute atomic E-state index is 0.0279. The molecule has 0 amide bonds. The van der Waals surface area contributed by atoms with Crippen LogP contribution in [0.5, 0.6) is 5.75 Å². The van der Waals surface area contributed by atoms with Gasteiger partial charge in [-0.05, 0) is 149 Å². The number of para-hydroxylation sites is 2. The quantitative estimate of drug-likeness (QED) is 0.147. The van der Waals surface area contributed by atoms with Gasteiger partial charge in [0.05, 0.1) is 27.8 Å². The Labute approximate surface area is 443 Å². The minimum atomic E-state index is -7.32. The van der Waals surface area contributed by atoms with E-state index in [4.69, 9.17) is 9.97 Å². The summed E-state index contributed by atoms with van der Waals surface area (Å²) in [6.07, 6.45) is 5.20. The van der Waals surface area contributed by atoms with Gasteiger partial charge in [0, 0.05) is 35.2 Å². The number of benzene rings is 6. The molecule has 2 fully saturated rings. The van der Waals surface area contributed by atoms with Gasteiger partial charge in [-0.2, -0.15) is 43.9 Å². The lowest BCUT2D eigenvalue weighted by atomic mass is 9.69. The predicted octanol–water partition coefficient (Wildman–Crippen LogP) is 18.5. The zero-order chi connectivity index (χ0) is 56.8. The number of phenols is 1. The molecule has 2 saturated carbocycles. The van der Waals surface area contributed by atoms with Gasteiger partial charge in [-0.1, -0.05) is 108 Å². The monoisotopic (exact) mass is 1080 g/mol. The molecule has 11 rings (SSSR count). The fraction of sp³-hybridized carbons (Fsp3) is 0.323. The third kappa shape index (κ3) is 7.46. The average molecular weight is 1080 g/mol. The van der Waals surface area contributed by atoms with Gasteiger partial charge in [-0.3, -0.25) is 9.13 Å². The summed E-state index contributed by atoms with van der Waals surface area (Å²) in [5.41, 5.74) is 0.553. The molecule has 9 aromatic rings. The molecule has 6 aromatic carbocycles. The Hall–Kier alpha value is -7.23. The molecule has 0 bridgehead atoms. The van der Waals surface area contributed by atoms with Crippen molar-refractivity contribution in [2.24, 2.45) is 5.41 Å². The number of nitrogens with zero attached hydrogens (tertiary/aromatic N) is 4. The van der Waals surface area contributed by atoms with Crippen molar-refractivity contribution in [1.29, 1.82) is 0 Å². The van der Waals surface area contributed by atoms with E-state index in [1.54, 1.807) is 36.5 Å². The molecule has 0 unspecified atom stereocenters. The molecular formula is C62H53F11N4O. The average Bonchev–Trinajstić information content (AvgIpc) is 3.10. The first-order valence-electron chi connectivity index (χ1n) is 26.2. The van der Waals surface area contributed by atoms with Crippen molar-refractivity contribution in [3.8, 4) is 50.8 Å². The predicted molar refractivity (Wildman–Crippen MR) is 282 cm³/mol. The number of hydrogen-bond donors (Lipinski definition) is 1. The van der Waals surface area contributed by atoms with Gasteiger partial charge in [0.15, 0.2) is 0 Å². The third-order valence-corrected chi connectivity index (χ3v) is 16.1. The zero-order valence-electron chi connectivity index (χ0n) is 44.2. The molecular weight excluding hydrogens is 1030 g/mol. The summed E-state index contributed by atoms with van der Waals surface area (Å²) in [5.74, 6) is -36.9. The van der Waals surface area contributed by atoms with Crippen LogP contribution in [0.3, 0.4) is 0 Å². The summed E-state index contributed by atoms with van der Waals surface area (Å²) in [4.78, 5) is 10.2. The van der Waals surface area contributed by atoms with Crippen molar-refractivity contribution in [3.05, 3.63) is 162 Å². The largest absolute Gasteiger partial charge is 0.507 e. The first-order valence-corrected chi connectivity index (χ1v) is 25.7. The Morgan fingerprint density at radius 2 is 1.17 bits per heavy atom. The summed E-state index contributed by atoms with van der Waals surface area (Å²) >= 11 is 0. The van der Waals surface area contributed by atoms with E-state index in [0.29, 0.717) is 44.8 Å². The van der Waals surface area contributed by atoms with Crippen LogP contribution in [0, 0.1) is 5.41 Å². The number of phenolic OH excluding ortho intramolecular Hbond substituents is 1. The van der Waals surface area contributed by atoms with Crippen LogP contribution in [-0.2, 0) is 5.67 Å². The van der Waals surface area contributed by atoms with Crippen molar-refractivity contribution < 1.29 is 54.8 Å². The van der Waals surface area contributed by atoms with Gasteiger partial charge in [-0.15, -0.1) is 0 Å². The first kappa shape index (κ1) is 51.5. The second-order valence-electron chi connectivity index (χ2n) is 22.1. The van der Waals surface area contributed by atoms with Crippen molar-refractivity contribution in [2.45, 2.75) is 120 Å². The van der Waals surface area contributed by atoms with Crippen LogP contribution in [-0.4, -0.2) is 53.8 Å². The Morgan fingerprint density at radius 1 is 0.564 bits per heavy atom. The lowest BCUT2D eigenvalue weighted by Gasteiger charge is -2.52. The number of imidazole rings is 1. The molecule has 5 nitrogen and oxygen atoms in total. The number of alkyl halides is 11. The number of rotatable bonds is 9. The lowest BCUT2D eigenvalue weighted by molar-refractivity contribution is -0.489. The van der Waals surface area contributed by atoms with Crippen LogP contribution < -0.4 is 0 Å². The van der Waals surface area contributed by atoms with Crippen molar-refractivity contribution in [1.82, 2.24) is 19.1 Å². The second kappa shape index (κ2) is 17.9. The molecule has 404 valence electrons. The number of aromatic nitrogens is 4. The van der Waals surface area contributed by atoms with E-state index >= 15 is 22.0 Å². The van der Waals surface area contributed by atoms with E-state index in [9.17, 15) is 32.8 Å². The second-order valence-corrected chi connectivity index (χ2v) is 22.1. The van der Waals surface area contributed by atoms with Crippen LogP contribution >= 0.6 is 0 Å². The maximum atomic E-state index is 16.2. The van der Waals surface area contributed by atoms with E-state index in [1.807, 2.05) is 80.8 Å². The molecule has 2 aliphatic rings. The molecule has 0 saturated heterocycles. The molecule has 16 heteroatoms. The molecule has 3 heterocycles. The fourth-order valence-corrected chi connectivity index (χ4v) is 11.5. The van der Waals surface area contributed by atoms with Crippen LogP contribution in [0.4, 0.5) is 48.3 Å². The van der Waals surface area contributed by atoms with Crippen LogP contribution in [0.2, 0.25) is 0 Å². The molecule has 0 spiro atoms. The van der Waals surface area contributed by atoms with Gasteiger partial charge in [0.2, 0.25) is 0 Å². The zero-order valence-corrected chi connectivity index (χ0v) is 43.2. The summed E-state index contributed by atoms with van der Waals surface area (Å²) in [6.45, 7) is 12.0. The highest BCUT2D eigenvalue weighted by molar-refractivity contribution is 6.08. The van der Waals surface area contributed by atoms with E-state index in [-0.39, 0.29) is 40.7 Å². The van der Waals surface area contributed by atoms with Crippen LogP contribution in [0.1, 0.15) is 109 Å². The van der Waals surface area contributed by atoms with E-state index in [1.165, 1.54) is 6.07 Å². The number of halogens is 11. The highest BCUT2D eigenvalue weighted by Crippen LogP contribution is 2.72. The number of hydrogen-bond acceptors (Lipinski definition) is 3. The summed E-state index contributed by atoms with van der Waals surface area (Å²) in [6, 6.07) is 35.9. The first-order chi connectivity index (χ1) is 37.0. The Kier molecular flexibility index (Phi) is 11.8. The maximum absolute atomic E-state index is 16.2. The minimum Gasteiger partial charge on any atom is -0.507 e. The van der Waals surface area contributed by atoms with E-state index in [0.717, 1.165) is 82.1 Å². The molecule has 2 aliphatic carbocycles.